The Kier molecular flexibility index (Phi) is 6.42. The first-order valence-corrected chi connectivity index (χ1v) is 10.3. The standard InChI is InChI=1S/C22H24ClFN4O/c23-19-2-1-16(15-20(19)24)4-10-28-11-5-17(6-12-28)21-3-9-25-22(27-21)26-18-7-13-29-14-8-18/h1-3,5-6,9,11,15,18H,4,7-8,10,12-14H2,(H,25,26,27). The number of rotatable bonds is 6. The summed E-state index contributed by atoms with van der Waals surface area (Å²) in [5, 5.41) is 3.57. The van der Waals surface area contributed by atoms with Crippen LogP contribution in [0.5, 0.6) is 0 Å². The van der Waals surface area contributed by atoms with Gasteiger partial charge in [0.15, 0.2) is 0 Å². The molecule has 2 aliphatic heterocycles. The number of hydrogen-bond donors (Lipinski definition) is 1. The normalized spacial score (nSPS) is 17.3. The summed E-state index contributed by atoms with van der Waals surface area (Å²) < 4.78 is 19.0. The zero-order chi connectivity index (χ0) is 20.1. The van der Waals surface area contributed by atoms with Gasteiger partial charge in [-0.1, -0.05) is 23.7 Å². The fourth-order valence-electron chi connectivity index (χ4n) is 3.47. The zero-order valence-electron chi connectivity index (χ0n) is 16.2. The van der Waals surface area contributed by atoms with Crippen LogP contribution in [0.15, 0.2) is 48.8 Å². The molecule has 0 bridgehead atoms. The molecule has 4 rings (SSSR count). The lowest BCUT2D eigenvalue weighted by Crippen LogP contribution is -2.28. The summed E-state index contributed by atoms with van der Waals surface area (Å²) in [4.78, 5) is 11.2. The van der Waals surface area contributed by atoms with Gasteiger partial charge in [0.25, 0.3) is 0 Å². The van der Waals surface area contributed by atoms with Crippen molar-refractivity contribution in [3.05, 3.63) is 70.9 Å². The number of anilines is 1. The molecule has 1 saturated heterocycles. The Morgan fingerprint density at radius 1 is 1.24 bits per heavy atom. The molecule has 0 amide bonds. The number of aromatic nitrogens is 2. The van der Waals surface area contributed by atoms with E-state index in [2.05, 4.69) is 38.5 Å². The van der Waals surface area contributed by atoms with Gasteiger partial charge in [-0.25, -0.2) is 14.4 Å². The topological polar surface area (TPSA) is 50.3 Å². The minimum atomic E-state index is -0.366. The van der Waals surface area contributed by atoms with E-state index in [-0.39, 0.29) is 10.8 Å². The van der Waals surface area contributed by atoms with Gasteiger partial charge < -0.3 is 15.0 Å². The monoisotopic (exact) mass is 414 g/mol. The highest BCUT2D eigenvalue weighted by molar-refractivity contribution is 6.30. The van der Waals surface area contributed by atoms with Gasteiger partial charge in [0.05, 0.1) is 10.7 Å². The molecule has 0 atom stereocenters. The third-order valence-electron chi connectivity index (χ3n) is 5.19. The maximum absolute atomic E-state index is 13.6. The average Bonchev–Trinajstić information content (AvgIpc) is 2.76. The van der Waals surface area contributed by atoms with Crippen molar-refractivity contribution in [1.29, 1.82) is 0 Å². The lowest BCUT2D eigenvalue weighted by atomic mass is 10.1. The molecule has 0 aliphatic carbocycles. The van der Waals surface area contributed by atoms with Crippen LogP contribution in [0.1, 0.15) is 24.1 Å². The molecule has 1 N–H and O–H groups in total. The van der Waals surface area contributed by atoms with Gasteiger partial charge in [0.1, 0.15) is 5.82 Å². The van der Waals surface area contributed by atoms with Gasteiger partial charge in [-0.2, -0.15) is 0 Å². The molecule has 5 nitrogen and oxygen atoms in total. The molecule has 0 spiro atoms. The van der Waals surface area contributed by atoms with Crippen LogP contribution in [-0.4, -0.2) is 47.2 Å². The number of benzene rings is 1. The highest BCUT2D eigenvalue weighted by atomic mass is 35.5. The zero-order valence-corrected chi connectivity index (χ0v) is 16.9. The number of hydrogen-bond acceptors (Lipinski definition) is 5. The largest absolute Gasteiger partial charge is 0.381 e. The Hall–Kier alpha value is -2.44. The second-order valence-corrected chi connectivity index (χ2v) is 7.67. The lowest BCUT2D eigenvalue weighted by molar-refractivity contribution is 0.0903. The molecule has 2 aromatic rings. The third-order valence-corrected chi connectivity index (χ3v) is 5.49. The Bertz CT molecular complexity index is 911. The van der Waals surface area contributed by atoms with E-state index < -0.39 is 0 Å². The predicted molar refractivity (Wildman–Crippen MR) is 113 cm³/mol. The summed E-state index contributed by atoms with van der Waals surface area (Å²) in [5.74, 6) is 0.297. The molecule has 29 heavy (non-hydrogen) atoms. The number of halogens is 2. The number of nitrogens with zero attached hydrogens (tertiary/aromatic N) is 3. The summed E-state index contributed by atoms with van der Waals surface area (Å²) in [5.41, 5.74) is 2.93. The van der Waals surface area contributed by atoms with E-state index in [1.54, 1.807) is 12.3 Å². The van der Waals surface area contributed by atoms with Gasteiger partial charge in [-0.3, -0.25) is 0 Å². The Labute approximate surface area is 175 Å². The van der Waals surface area contributed by atoms with Gasteiger partial charge >= 0.3 is 0 Å². The first-order chi connectivity index (χ1) is 14.2. The van der Waals surface area contributed by atoms with E-state index >= 15 is 0 Å². The third kappa shape index (κ3) is 5.34. The Morgan fingerprint density at radius 3 is 2.86 bits per heavy atom. The molecular formula is C22H24ClFN4O. The number of allylic oxidation sites excluding steroid dienone is 2. The van der Waals surface area contributed by atoms with E-state index in [1.165, 1.54) is 6.07 Å². The molecule has 0 radical (unpaired) electrons. The average molecular weight is 415 g/mol. The molecule has 0 saturated carbocycles. The summed E-state index contributed by atoms with van der Waals surface area (Å²) >= 11 is 5.74. The van der Waals surface area contributed by atoms with Crippen molar-refractivity contribution < 1.29 is 9.13 Å². The van der Waals surface area contributed by atoms with Crippen molar-refractivity contribution in [2.24, 2.45) is 0 Å². The Balaban J connectivity index is 1.33. The van der Waals surface area contributed by atoms with Gasteiger partial charge in [-0.15, -0.1) is 0 Å². The van der Waals surface area contributed by atoms with Gasteiger partial charge in [0, 0.05) is 44.7 Å². The van der Waals surface area contributed by atoms with Gasteiger partial charge in [-0.05, 0) is 54.7 Å². The minimum Gasteiger partial charge on any atom is -0.381 e. The first-order valence-electron chi connectivity index (χ1n) is 9.91. The van der Waals surface area contributed by atoms with E-state index in [4.69, 9.17) is 16.3 Å². The van der Waals surface area contributed by atoms with Crippen molar-refractivity contribution in [3.8, 4) is 0 Å². The van der Waals surface area contributed by atoms with Crippen molar-refractivity contribution in [1.82, 2.24) is 14.9 Å². The highest BCUT2D eigenvalue weighted by Gasteiger charge is 2.15. The van der Waals surface area contributed by atoms with Crippen LogP contribution in [0.3, 0.4) is 0 Å². The molecular weight excluding hydrogens is 391 g/mol. The smallest absolute Gasteiger partial charge is 0.223 e. The lowest BCUT2D eigenvalue weighted by Gasteiger charge is -2.24. The van der Waals surface area contributed by atoms with Crippen molar-refractivity contribution in [3.63, 3.8) is 0 Å². The van der Waals surface area contributed by atoms with E-state index in [0.29, 0.717) is 12.0 Å². The SMILES string of the molecule is Fc1cc(CCN2C=CC(c3ccnc(NC4CCOCC4)n3)=CC2)ccc1Cl. The highest BCUT2D eigenvalue weighted by Crippen LogP contribution is 2.20. The predicted octanol–water partition coefficient (Wildman–Crippen LogP) is 4.32. The fourth-order valence-corrected chi connectivity index (χ4v) is 3.58. The van der Waals surface area contributed by atoms with Crippen LogP contribution in [-0.2, 0) is 11.2 Å². The number of nitrogens with one attached hydrogen (secondary N) is 1. The Morgan fingerprint density at radius 2 is 2.10 bits per heavy atom. The second kappa shape index (κ2) is 9.37. The van der Waals surface area contributed by atoms with Crippen molar-refractivity contribution in [2.75, 3.05) is 31.6 Å². The maximum Gasteiger partial charge on any atom is 0.223 e. The fraction of sp³-hybridized carbons (Fsp3) is 0.364. The molecule has 1 aromatic carbocycles. The van der Waals surface area contributed by atoms with Crippen LogP contribution in [0.2, 0.25) is 5.02 Å². The quantitative estimate of drug-likeness (QED) is 0.763. The van der Waals surface area contributed by atoms with Crippen LogP contribution in [0.25, 0.3) is 5.57 Å². The van der Waals surface area contributed by atoms with Crippen LogP contribution in [0, 0.1) is 5.82 Å². The van der Waals surface area contributed by atoms with Crippen molar-refractivity contribution >= 4 is 23.1 Å². The molecule has 1 fully saturated rings. The van der Waals surface area contributed by atoms with E-state index in [0.717, 1.165) is 62.4 Å². The summed E-state index contributed by atoms with van der Waals surface area (Å²) in [6.07, 6.45) is 10.8. The summed E-state index contributed by atoms with van der Waals surface area (Å²) in [7, 11) is 0. The summed E-state index contributed by atoms with van der Waals surface area (Å²) in [6, 6.07) is 7.27. The van der Waals surface area contributed by atoms with Crippen LogP contribution >= 0.6 is 11.6 Å². The number of ether oxygens (including phenoxy) is 1. The maximum atomic E-state index is 13.6. The van der Waals surface area contributed by atoms with E-state index in [1.807, 2.05) is 12.1 Å². The molecule has 152 valence electrons. The molecule has 0 unspecified atom stereocenters. The van der Waals surface area contributed by atoms with Crippen LogP contribution in [0.4, 0.5) is 10.3 Å². The molecule has 7 heteroatoms. The second-order valence-electron chi connectivity index (χ2n) is 7.27. The molecule has 2 aliphatic rings. The van der Waals surface area contributed by atoms with Gasteiger partial charge in [0.2, 0.25) is 5.95 Å². The minimum absolute atomic E-state index is 0.162. The van der Waals surface area contributed by atoms with E-state index in [9.17, 15) is 4.39 Å². The summed E-state index contributed by atoms with van der Waals surface area (Å²) in [6.45, 7) is 3.16. The molecule has 1 aromatic heterocycles. The first kappa shape index (κ1) is 19.9. The molecule has 3 heterocycles. The van der Waals surface area contributed by atoms with Crippen molar-refractivity contribution in [2.45, 2.75) is 25.3 Å². The van der Waals surface area contributed by atoms with Crippen LogP contribution < -0.4 is 5.32 Å².